The molecule has 5 nitrogen and oxygen atoms in total. The third-order valence-electron chi connectivity index (χ3n) is 4.02. The molecule has 114 valence electrons. The maximum atomic E-state index is 12.1. The highest BCUT2D eigenvalue weighted by Gasteiger charge is 2.17. The van der Waals surface area contributed by atoms with Crippen molar-refractivity contribution in [3.8, 4) is 0 Å². The molecule has 3 rings (SSSR count). The molecule has 0 aliphatic carbocycles. The van der Waals surface area contributed by atoms with Gasteiger partial charge in [0.2, 0.25) is 0 Å². The first kappa shape index (κ1) is 14.4. The van der Waals surface area contributed by atoms with Gasteiger partial charge in [0.05, 0.1) is 19.3 Å². The third kappa shape index (κ3) is 3.74. The van der Waals surface area contributed by atoms with E-state index in [-0.39, 0.29) is 12.0 Å². The molecule has 1 atom stereocenters. The lowest BCUT2D eigenvalue weighted by Crippen LogP contribution is -2.36. The second-order valence-corrected chi connectivity index (χ2v) is 5.49. The smallest absolute Gasteiger partial charge is 0.251 e. The van der Waals surface area contributed by atoms with Crippen molar-refractivity contribution in [3.05, 3.63) is 29.8 Å². The number of ether oxygens (including phenoxy) is 2. The van der Waals surface area contributed by atoms with E-state index in [9.17, 15) is 4.79 Å². The molecule has 5 heteroatoms. The second-order valence-electron chi connectivity index (χ2n) is 5.49. The first-order valence-electron chi connectivity index (χ1n) is 7.65. The van der Waals surface area contributed by atoms with Crippen molar-refractivity contribution in [3.63, 3.8) is 0 Å². The Labute approximate surface area is 125 Å². The lowest BCUT2D eigenvalue weighted by molar-refractivity contribution is 0.0858. The quantitative estimate of drug-likeness (QED) is 0.911. The van der Waals surface area contributed by atoms with Gasteiger partial charge in [-0.1, -0.05) is 0 Å². The number of hydrogen-bond donors (Lipinski definition) is 1. The molecule has 1 N–H and O–H groups in total. The lowest BCUT2D eigenvalue weighted by atomic mass is 10.1. The van der Waals surface area contributed by atoms with Crippen molar-refractivity contribution in [2.45, 2.75) is 18.9 Å². The van der Waals surface area contributed by atoms with Crippen LogP contribution in [-0.4, -0.2) is 51.5 Å². The Morgan fingerprint density at radius 3 is 2.62 bits per heavy atom. The summed E-state index contributed by atoms with van der Waals surface area (Å²) in [4.78, 5) is 14.4. The molecule has 2 aliphatic heterocycles. The zero-order valence-electron chi connectivity index (χ0n) is 12.2. The maximum Gasteiger partial charge on any atom is 0.251 e. The number of carbonyl (C=O) groups excluding carboxylic acids is 1. The van der Waals surface area contributed by atoms with Gasteiger partial charge in [-0.25, -0.2) is 0 Å². The molecule has 1 aromatic rings. The zero-order valence-corrected chi connectivity index (χ0v) is 12.2. The highest BCUT2D eigenvalue weighted by Crippen LogP contribution is 2.17. The first-order chi connectivity index (χ1) is 10.3. The Morgan fingerprint density at radius 1 is 1.19 bits per heavy atom. The average Bonchev–Trinajstić information content (AvgIpc) is 3.07. The fourth-order valence-electron chi connectivity index (χ4n) is 2.76. The Morgan fingerprint density at radius 2 is 1.95 bits per heavy atom. The monoisotopic (exact) mass is 290 g/mol. The van der Waals surface area contributed by atoms with Gasteiger partial charge in [-0.15, -0.1) is 0 Å². The van der Waals surface area contributed by atoms with Gasteiger partial charge < -0.3 is 19.7 Å². The molecule has 2 heterocycles. The summed E-state index contributed by atoms with van der Waals surface area (Å²) >= 11 is 0. The summed E-state index contributed by atoms with van der Waals surface area (Å²) in [6, 6.07) is 7.78. The van der Waals surface area contributed by atoms with Crippen LogP contribution in [0, 0.1) is 0 Å². The molecule has 1 amide bonds. The van der Waals surface area contributed by atoms with Crippen LogP contribution in [0.15, 0.2) is 24.3 Å². The number of hydrogen-bond acceptors (Lipinski definition) is 4. The fourth-order valence-corrected chi connectivity index (χ4v) is 2.76. The van der Waals surface area contributed by atoms with Crippen LogP contribution in [0.25, 0.3) is 0 Å². The summed E-state index contributed by atoms with van der Waals surface area (Å²) in [5.41, 5.74) is 1.85. The number of nitrogens with one attached hydrogen (secondary N) is 1. The molecule has 0 saturated carbocycles. The fraction of sp³-hybridized carbons (Fsp3) is 0.562. The normalized spacial score (nSPS) is 22.3. The average molecular weight is 290 g/mol. The number of rotatable bonds is 4. The van der Waals surface area contributed by atoms with E-state index in [1.165, 1.54) is 0 Å². The van der Waals surface area contributed by atoms with Gasteiger partial charge in [0, 0.05) is 37.5 Å². The summed E-state index contributed by atoms with van der Waals surface area (Å²) in [6.07, 6.45) is 2.31. The van der Waals surface area contributed by atoms with Crippen LogP contribution in [0.1, 0.15) is 23.2 Å². The largest absolute Gasteiger partial charge is 0.378 e. The molecule has 0 aromatic heterocycles. The van der Waals surface area contributed by atoms with E-state index >= 15 is 0 Å². The summed E-state index contributed by atoms with van der Waals surface area (Å²) in [5, 5.41) is 2.94. The highest BCUT2D eigenvalue weighted by atomic mass is 16.5. The van der Waals surface area contributed by atoms with Crippen molar-refractivity contribution >= 4 is 11.6 Å². The minimum atomic E-state index is -0.0287. The van der Waals surface area contributed by atoms with E-state index < -0.39 is 0 Å². The Hall–Kier alpha value is -1.59. The molecule has 2 fully saturated rings. The van der Waals surface area contributed by atoms with E-state index in [0.29, 0.717) is 12.1 Å². The van der Waals surface area contributed by atoms with Crippen molar-refractivity contribution in [2.75, 3.05) is 44.4 Å². The van der Waals surface area contributed by atoms with Crippen LogP contribution in [0.4, 0.5) is 5.69 Å². The van der Waals surface area contributed by atoms with Gasteiger partial charge in [0.1, 0.15) is 0 Å². The van der Waals surface area contributed by atoms with Crippen LogP contribution < -0.4 is 10.2 Å². The molecule has 1 aromatic carbocycles. The van der Waals surface area contributed by atoms with E-state index in [1.807, 2.05) is 24.3 Å². The molecule has 2 aliphatic rings. The number of carbonyl (C=O) groups is 1. The van der Waals surface area contributed by atoms with Crippen molar-refractivity contribution in [2.24, 2.45) is 0 Å². The van der Waals surface area contributed by atoms with Crippen molar-refractivity contribution in [1.29, 1.82) is 0 Å². The number of morpholine rings is 1. The molecule has 21 heavy (non-hydrogen) atoms. The summed E-state index contributed by atoms with van der Waals surface area (Å²) in [7, 11) is 0. The minimum absolute atomic E-state index is 0.0287. The minimum Gasteiger partial charge on any atom is -0.378 e. The maximum absolute atomic E-state index is 12.1. The van der Waals surface area contributed by atoms with Gasteiger partial charge in [0.25, 0.3) is 5.91 Å². The van der Waals surface area contributed by atoms with Crippen LogP contribution in [-0.2, 0) is 9.47 Å². The van der Waals surface area contributed by atoms with Gasteiger partial charge in [-0.2, -0.15) is 0 Å². The molecule has 0 spiro atoms. The highest BCUT2D eigenvalue weighted by molar-refractivity contribution is 5.94. The van der Waals surface area contributed by atoms with Crippen LogP contribution in [0.5, 0.6) is 0 Å². The Kier molecular flexibility index (Phi) is 4.72. The van der Waals surface area contributed by atoms with Gasteiger partial charge in [-0.05, 0) is 37.1 Å². The summed E-state index contributed by atoms with van der Waals surface area (Å²) < 4.78 is 10.9. The van der Waals surface area contributed by atoms with E-state index in [1.54, 1.807) is 0 Å². The first-order valence-corrected chi connectivity index (χ1v) is 7.65. The predicted octanol–water partition coefficient (Wildman–Crippen LogP) is 1.43. The number of nitrogens with zero attached hydrogens (tertiary/aromatic N) is 1. The lowest BCUT2D eigenvalue weighted by Gasteiger charge is -2.28. The topological polar surface area (TPSA) is 50.8 Å². The van der Waals surface area contributed by atoms with Gasteiger partial charge >= 0.3 is 0 Å². The van der Waals surface area contributed by atoms with E-state index in [2.05, 4.69) is 10.2 Å². The summed E-state index contributed by atoms with van der Waals surface area (Å²) in [6.45, 7) is 4.77. The standard InChI is InChI=1S/C16H22N2O3/c19-16(17-12-15-2-1-9-21-15)13-3-5-14(6-4-13)18-7-10-20-11-8-18/h3-6,15H,1-2,7-12H2,(H,17,19)/t15-/m0/s1. The summed E-state index contributed by atoms with van der Waals surface area (Å²) in [5.74, 6) is -0.0287. The Balaban J connectivity index is 1.54. The zero-order chi connectivity index (χ0) is 14.5. The van der Waals surface area contributed by atoms with E-state index in [0.717, 1.165) is 51.4 Å². The van der Waals surface area contributed by atoms with Crippen molar-refractivity contribution in [1.82, 2.24) is 5.32 Å². The molecule has 0 bridgehead atoms. The Bertz CT molecular complexity index is 463. The van der Waals surface area contributed by atoms with Crippen LogP contribution in [0.2, 0.25) is 0 Å². The van der Waals surface area contributed by atoms with Gasteiger partial charge in [-0.3, -0.25) is 4.79 Å². The van der Waals surface area contributed by atoms with Crippen molar-refractivity contribution < 1.29 is 14.3 Å². The van der Waals surface area contributed by atoms with Crippen LogP contribution in [0.3, 0.4) is 0 Å². The second kappa shape index (κ2) is 6.91. The number of anilines is 1. The number of amides is 1. The predicted molar refractivity (Wildman–Crippen MR) is 80.8 cm³/mol. The number of benzene rings is 1. The third-order valence-corrected chi connectivity index (χ3v) is 4.02. The SMILES string of the molecule is O=C(NC[C@@H]1CCCO1)c1ccc(N2CCOCC2)cc1. The van der Waals surface area contributed by atoms with E-state index in [4.69, 9.17) is 9.47 Å². The molecule has 0 unspecified atom stereocenters. The van der Waals surface area contributed by atoms with Crippen LogP contribution >= 0.6 is 0 Å². The molecule has 0 radical (unpaired) electrons. The van der Waals surface area contributed by atoms with Gasteiger partial charge in [0.15, 0.2) is 0 Å². The molecular weight excluding hydrogens is 268 g/mol. The molecule has 2 saturated heterocycles. The molecular formula is C16H22N2O3.